The van der Waals surface area contributed by atoms with Gasteiger partial charge < -0.3 is 10.1 Å². The van der Waals surface area contributed by atoms with Crippen molar-refractivity contribution in [2.45, 2.75) is 24.3 Å². The topological polar surface area (TPSA) is 77.0 Å². The van der Waals surface area contributed by atoms with Gasteiger partial charge in [-0.1, -0.05) is 11.8 Å². The Morgan fingerprint density at radius 1 is 0.949 bits per heavy atom. The molecule has 204 valence electrons. The standard InChI is InChI=1S/C25H18F6N4O2S2/c1-13-22(39-23(32-13)14-3-5-18(37-2)6-4-14)19-7-8-21(35-34-19)38-12-20(36)33-17-10-15(24(26,27)28)9-16(11-17)25(29,30)31/h3-11H,12H2,1-2H3,(H,33,36). The highest BCUT2D eigenvalue weighted by atomic mass is 32.2. The Morgan fingerprint density at radius 3 is 2.13 bits per heavy atom. The van der Waals surface area contributed by atoms with Crippen molar-refractivity contribution < 1.29 is 35.9 Å². The molecule has 0 spiro atoms. The van der Waals surface area contributed by atoms with Crippen LogP contribution in [0.1, 0.15) is 16.8 Å². The van der Waals surface area contributed by atoms with Crippen LogP contribution in [-0.2, 0) is 17.1 Å². The van der Waals surface area contributed by atoms with Gasteiger partial charge in [0.15, 0.2) is 0 Å². The fraction of sp³-hybridized carbons (Fsp3) is 0.200. The van der Waals surface area contributed by atoms with E-state index in [4.69, 9.17) is 4.74 Å². The minimum atomic E-state index is -5.02. The molecule has 0 aliphatic heterocycles. The number of ether oxygens (including phenoxy) is 1. The molecule has 4 rings (SSSR count). The highest BCUT2D eigenvalue weighted by Crippen LogP contribution is 2.38. The Balaban J connectivity index is 1.42. The van der Waals surface area contributed by atoms with Gasteiger partial charge in [-0.2, -0.15) is 26.3 Å². The summed E-state index contributed by atoms with van der Waals surface area (Å²) in [5.41, 5.74) is -1.44. The molecule has 0 aliphatic rings. The number of benzene rings is 2. The third-order valence-corrected chi connectivity index (χ3v) is 7.38. The van der Waals surface area contributed by atoms with Crippen molar-refractivity contribution in [3.8, 4) is 26.9 Å². The number of anilines is 1. The summed E-state index contributed by atoms with van der Waals surface area (Å²) in [5.74, 6) is -0.395. The Hall–Kier alpha value is -3.65. The number of nitrogens with one attached hydrogen (secondary N) is 1. The van der Waals surface area contributed by atoms with E-state index in [0.717, 1.165) is 38.7 Å². The number of nitrogens with zero attached hydrogens (tertiary/aromatic N) is 3. The Bertz CT molecular complexity index is 1440. The van der Waals surface area contributed by atoms with Gasteiger partial charge in [0.05, 0.1) is 34.6 Å². The van der Waals surface area contributed by atoms with E-state index in [9.17, 15) is 31.1 Å². The third-order valence-electron chi connectivity index (χ3n) is 5.23. The van der Waals surface area contributed by atoms with E-state index in [-0.39, 0.29) is 11.8 Å². The average molecular weight is 585 g/mol. The maximum Gasteiger partial charge on any atom is 0.416 e. The molecule has 4 aromatic rings. The van der Waals surface area contributed by atoms with Gasteiger partial charge in [0.25, 0.3) is 0 Å². The molecule has 2 aromatic carbocycles. The number of amides is 1. The predicted molar refractivity (Wildman–Crippen MR) is 136 cm³/mol. The van der Waals surface area contributed by atoms with Crippen LogP contribution in [0.2, 0.25) is 0 Å². The second-order valence-electron chi connectivity index (χ2n) is 8.05. The molecular weight excluding hydrogens is 566 g/mol. The summed E-state index contributed by atoms with van der Waals surface area (Å²) in [6.07, 6.45) is -10.0. The maximum absolute atomic E-state index is 13.0. The highest BCUT2D eigenvalue weighted by molar-refractivity contribution is 7.99. The largest absolute Gasteiger partial charge is 0.497 e. The number of alkyl halides is 6. The van der Waals surface area contributed by atoms with E-state index in [1.165, 1.54) is 11.3 Å². The molecular formula is C25H18F6N4O2S2. The number of thioether (sulfide) groups is 1. The summed E-state index contributed by atoms with van der Waals surface area (Å²) in [7, 11) is 1.58. The molecule has 14 heteroatoms. The van der Waals surface area contributed by atoms with Crippen LogP contribution >= 0.6 is 23.1 Å². The lowest BCUT2D eigenvalue weighted by Gasteiger charge is -2.14. The van der Waals surface area contributed by atoms with Gasteiger partial charge in [-0.25, -0.2) is 4.98 Å². The van der Waals surface area contributed by atoms with Crippen molar-refractivity contribution in [1.82, 2.24) is 15.2 Å². The van der Waals surface area contributed by atoms with Gasteiger partial charge in [-0.05, 0) is 61.5 Å². The average Bonchev–Trinajstić information content (AvgIpc) is 3.28. The van der Waals surface area contributed by atoms with Crippen molar-refractivity contribution in [1.29, 1.82) is 0 Å². The number of methoxy groups -OCH3 is 1. The number of thiazole rings is 1. The zero-order valence-corrected chi connectivity index (χ0v) is 21.8. The Morgan fingerprint density at radius 2 is 1.59 bits per heavy atom. The number of aromatic nitrogens is 3. The summed E-state index contributed by atoms with van der Waals surface area (Å²) in [6.45, 7) is 1.84. The van der Waals surface area contributed by atoms with Crippen molar-refractivity contribution in [2.24, 2.45) is 0 Å². The first kappa shape index (κ1) is 28.4. The maximum atomic E-state index is 13.0. The predicted octanol–water partition coefficient (Wildman–Crippen LogP) is 7.35. The van der Waals surface area contributed by atoms with Crippen LogP contribution < -0.4 is 10.1 Å². The van der Waals surface area contributed by atoms with Gasteiger partial charge in [0.1, 0.15) is 21.5 Å². The van der Waals surface area contributed by atoms with Gasteiger partial charge in [0.2, 0.25) is 5.91 Å². The van der Waals surface area contributed by atoms with Crippen LogP contribution in [-0.4, -0.2) is 34.0 Å². The quantitative estimate of drug-likeness (QED) is 0.181. The first-order valence-corrected chi connectivity index (χ1v) is 12.8. The zero-order valence-electron chi connectivity index (χ0n) is 20.1. The SMILES string of the molecule is COc1ccc(-c2nc(C)c(-c3ccc(SCC(=O)Nc4cc(C(F)(F)F)cc(C(F)(F)F)c4)nn3)s2)cc1. The zero-order chi connectivity index (χ0) is 28.4. The molecule has 0 radical (unpaired) electrons. The van der Waals surface area contributed by atoms with E-state index >= 15 is 0 Å². The molecule has 0 atom stereocenters. The van der Waals surface area contributed by atoms with Crippen molar-refractivity contribution in [2.75, 3.05) is 18.2 Å². The molecule has 1 N–H and O–H groups in total. The molecule has 1 amide bonds. The number of carbonyl (C=O) groups is 1. The lowest BCUT2D eigenvalue weighted by atomic mass is 10.1. The minimum Gasteiger partial charge on any atom is -0.497 e. The third kappa shape index (κ3) is 7.06. The van der Waals surface area contributed by atoms with E-state index in [1.54, 1.807) is 19.2 Å². The lowest BCUT2D eigenvalue weighted by Crippen LogP contribution is -2.17. The first-order valence-electron chi connectivity index (χ1n) is 11.0. The first-order chi connectivity index (χ1) is 18.3. The number of hydrogen-bond acceptors (Lipinski definition) is 7. The Labute approximate surface area is 226 Å². The number of rotatable bonds is 7. The molecule has 0 aliphatic carbocycles. The van der Waals surface area contributed by atoms with Crippen LogP contribution in [0.5, 0.6) is 5.75 Å². The van der Waals surface area contributed by atoms with Crippen molar-refractivity contribution in [3.63, 3.8) is 0 Å². The normalized spacial score (nSPS) is 11.9. The number of hydrogen-bond donors (Lipinski definition) is 1. The summed E-state index contributed by atoms with van der Waals surface area (Å²) in [6, 6.07) is 11.6. The van der Waals surface area contributed by atoms with E-state index in [1.807, 2.05) is 31.2 Å². The molecule has 2 aromatic heterocycles. The highest BCUT2D eigenvalue weighted by Gasteiger charge is 2.37. The fourth-order valence-corrected chi connectivity index (χ4v) is 5.02. The number of carbonyl (C=O) groups excluding carboxylic acids is 1. The van der Waals surface area contributed by atoms with Gasteiger partial charge in [-0.3, -0.25) is 4.79 Å². The smallest absolute Gasteiger partial charge is 0.416 e. The number of halogens is 6. The van der Waals surface area contributed by atoms with Crippen LogP contribution in [0.3, 0.4) is 0 Å². The van der Waals surface area contributed by atoms with E-state index in [2.05, 4.69) is 20.5 Å². The second kappa shape index (κ2) is 11.2. The molecule has 0 bridgehead atoms. The van der Waals surface area contributed by atoms with E-state index in [0.29, 0.717) is 22.9 Å². The summed E-state index contributed by atoms with van der Waals surface area (Å²) in [5, 5.41) is 11.5. The van der Waals surface area contributed by atoms with E-state index < -0.39 is 35.1 Å². The van der Waals surface area contributed by atoms with Gasteiger partial charge in [-0.15, -0.1) is 21.5 Å². The molecule has 0 unspecified atom stereocenters. The molecule has 2 heterocycles. The fourth-order valence-electron chi connectivity index (χ4n) is 3.37. The molecule has 39 heavy (non-hydrogen) atoms. The van der Waals surface area contributed by atoms with Crippen LogP contribution in [0.4, 0.5) is 32.0 Å². The van der Waals surface area contributed by atoms with Crippen molar-refractivity contribution >= 4 is 34.7 Å². The van der Waals surface area contributed by atoms with Gasteiger partial charge in [0, 0.05) is 11.3 Å². The number of aryl methyl sites for hydroxylation is 1. The van der Waals surface area contributed by atoms with Crippen molar-refractivity contribution in [3.05, 3.63) is 71.4 Å². The summed E-state index contributed by atoms with van der Waals surface area (Å²) >= 11 is 2.35. The molecule has 0 saturated carbocycles. The van der Waals surface area contributed by atoms with Gasteiger partial charge >= 0.3 is 12.4 Å². The monoisotopic (exact) mass is 584 g/mol. The minimum absolute atomic E-state index is 0.00761. The summed E-state index contributed by atoms with van der Waals surface area (Å²) < 4.78 is 83.4. The second-order valence-corrected chi connectivity index (χ2v) is 10.0. The van der Waals surface area contributed by atoms with Crippen LogP contribution in [0, 0.1) is 6.92 Å². The lowest BCUT2D eigenvalue weighted by molar-refractivity contribution is -0.143. The Kier molecular flexibility index (Phi) is 8.16. The van der Waals surface area contributed by atoms with Crippen LogP contribution in [0.15, 0.2) is 59.6 Å². The molecule has 0 fully saturated rings. The summed E-state index contributed by atoms with van der Waals surface area (Å²) in [4.78, 5) is 17.6. The van der Waals surface area contributed by atoms with Crippen LogP contribution in [0.25, 0.3) is 21.1 Å². The molecule has 6 nitrogen and oxygen atoms in total. The molecule has 0 saturated heterocycles.